The van der Waals surface area contributed by atoms with E-state index in [9.17, 15) is 8.42 Å². The minimum absolute atomic E-state index is 0.377. The first kappa shape index (κ1) is 17.0. The highest BCUT2D eigenvalue weighted by Crippen LogP contribution is 2.12. The van der Waals surface area contributed by atoms with Crippen molar-refractivity contribution in [1.82, 2.24) is 5.32 Å². The van der Waals surface area contributed by atoms with Crippen molar-refractivity contribution in [3.8, 4) is 0 Å². The molecule has 0 bridgehead atoms. The predicted molar refractivity (Wildman–Crippen MR) is 82.3 cm³/mol. The van der Waals surface area contributed by atoms with Crippen LogP contribution in [0.15, 0.2) is 0 Å². The van der Waals surface area contributed by atoms with E-state index < -0.39 is 9.84 Å². The molecule has 0 aliphatic carbocycles. The van der Waals surface area contributed by atoms with E-state index >= 15 is 0 Å². The number of rotatable bonds is 10. The van der Waals surface area contributed by atoms with Gasteiger partial charge < -0.3 is 5.32 Å². The van der Waals surface area contributed by atoms with Crippen molar-refractivity contribution in [3.05, 3.63) is 0 Å². The average molecular weight is 289 g/mol. The lowest BCUT2D eigenvalue weighted by Gasteiger charge is -2.23. The van der Waals surface area contributed by atoms with Gasteiger partial charge in [-0.15, -0.1) is 0 Å². The normalized spacial score (nSPS) is 19.6. The van der Waals surface area contributed by atoms with Gasteiger partial charge in [-0.2, -0.15) is 0 Å². The van der Waals surface area contributed by atoms with Gasteiger partial charge in [-0.25, -0.2) is 8.42 Å². The Labute approximate surface area is 119 Å². The van der Waals surface area contributed by atoms with Gasteiger partial charge in [0.1, 0.15) is 9.84 Å². The largest absolute Gasteiger partial charge is 0.314 e. The predicted octanol–water partition coefficient (Wildman–Crippen LogP) is 3.29. The van der Waals surface area contributed by atoms with E-state index in [-0.39, 0.29) is 0 Å². The molecule has 0 spiro atoms. The van der Waals surface area contributed by atoms with Crippen LogP contribution in [0.3, 0.4) is 0 Å². The fraction of sp³-hybridized carbons (Fsp3) is 1.00. The van der Waals surface area contributed by atoms with Crippen LogP contribution < -0.4 is 5.32 Å². The van der Waals surface area contributed by atoms with E-state index in [1.54, 1.807) is 0 Å². The summed E-state index contributed by atoms with van der Waals surface area (Å²) in [5, 5.41) is 3.51. The number of nitrogens with one attached hydrogen (secondary N) is 1. The second-order valence-corrected chi connectivity index (χ2v) is 8.16. The molecule has 1 rings (SSSR count). The van der Waals surface area contributed by atoms with Gasteiger partial charge in [-0.3, -0.25) is 0 Å². The van der Waals surface area contributed by atoms with E-state index in [1.807, 2.05) is 0 Å². The summed E-state index contributed by atoms with van der Waals surface area (Å²) in [6.45, 7) is 3.31. The SMILES string of the molecule is CCCCCCCCCCNC1CCS(=O)(=O)CC1. The summed E-state index contributed by atoms with van der Waals surface area (Å²) in [7, 11) is -2.71. The Balaban J connectivity index is 1.86. The van der Waals surface area contributed by atoms with Crippen LogP contribution in [0, 0.1) is 0 Å². The second kappa shape index (κ2) is 9.76. The van der Waals surface area contributed by atoms with Crippen LogP contribution in [-0.4, -0.2) is 32.5 Å². The van der Waals surface area contributed by atoms with Crippen molar-refractivity contribution in [3.63, 3.8) is 0 Å². The highest BCUT2D eigenvalue weighted by Gasteiger charge is 2.22. The molecule has 0 radical (unpaired) electrons. The minimum atomic E-state index is -2.71. The van der Waals surface area contributed by atoms with Gasteiger partial charge in [0.2, 0.25) is 0 Å². The molecule has 0 saturated carbocycles. The average Bonchev–Trinajstić information content (AvgIpc) is 2.38. The first-order valence-corrected chi connectivity index (χ1v) is 9.90. The summed E-state index contributed by atoms with van der Waals surface area (Å²) in [4.78, 5) is 0. The standard InChI is InChI=1S/C15H31NO2S/c1-2-3-4-5-6-7-8-9-12-16-15-10-13-19(17,18)14-11-15/h15-16H,2-14H2,1H3. The molecule has 1 heterocycles. The molecule has 1 fully saturated rings. The maximum Gasteiger partial charge on any atom is 0.150 e. The van der Waals surface area contributed by atoms with E-state index in [0.29, 0.717) is 17.5 Å². The first-order chi connectivity index (χ1) is 9.14. The van der Waals surface area contributed by atoms with Crippen molar-refractivity contribution in [2.45, 2.75) is 77.2 Å². The van der Waals surface area contributed by atoms with Gasteiger partial charge in [0.25, 0.3) is 0 Å². The molecular weight excluding hydrogens is 258 g/mol. The molecule has 1 saturated heterocycles. The Morgan fingerprint density at radius 2 is 1.42 bits per heavy atom. The highest BCUT2D eigenvalue weighted by atomic mass is 32.2. The van der Waals surface area contributed by atoms with Gasteiger partial charge in [0.15, 0.2) is 0 Å². The quantitative estimate of drug-likeness (QED) is 0.628. The molecule has 0 aromatic heterocycles. The van der Waals surface area contributed by atoms with Crippen molar-refractivity contribution >= 4 is 9.84 Å². The summed E-state index contributed by atoms with van der Waals surface area (Å²) < 4.78 is 22.6. The Hall–Kier alpha value is -0.0900. The second-order valence-electron chi connectivity index (χ2n) is 5.86. The Bertz CT molecular complexity index is 300. The summed E-state index contributed by atoms with van der Waals surface area (Å²) in [5.74, 6) is 0.754. The van der Waals surface area contributed by atoms with E-state index in [2.05, 4.69) is 12.2 Å². The Morgan fingerprint density at radius 1 is 0.895 bits per heavy atom. The molecule has 0 unspecified atom stereocenters. The van der Waals surface area contributed by atoms with E-state index in [4.69, 9.17) is 0 Å². The van der Waals surface area contributed by atoms with Crippen LogP contribution in [0.1, 0.15) is 71.1 Å². The molecule has 0 aromatic carbocycles. The minimum Gasteiger partial charge on any atom is -0.314 e. The number of unbranched alkanes of at least 4 members (excludes halogenated alkanes) is 7. The summed E-state index contributed by atoms with van der Waals surface area (Å²) in [5.41, 5.74) is 0. The third kappa shape index (κ3) is 8.64. The monoisotopic (exact) mass is 289 g/mol. The summed E-state index contributed by atoms with van der Waals surface area (Å²) >= 11 is 0. The van der Waals surface area contributed by atoms with Crippen LogP contribution in [0.5, 0.6) is 0 Å². The number of hydrogen-bond acceptors (Lipinski definition) is 3. The number of sulfone groups is 1. The molecule has 114 valence electrons. The van der Waals surface area contributed by atoms with Crippen LogP contribution in [-0.2, 0) is 9.84 Å². The van der Waals surface area contributed by atoms with Gasteiger partial charge in [0, 0.05) is 6.04 Å². The molecule has 1 aliphatic heterocycles. The zero-order chi connectivity index (χ0) is 14.0. The smallest absolute Gasteiger partial charge is 0.150 e. The summed E-state index contributed by atoms with van der Waals surface area (Å²) in [6, 6.07) is 0.438. The van der Waals surface area contributed by atoms with Gasteiger partial charge in [-0.05, 0) is 25.8 Å². The van der Waals surface area contributed by atoms with Crippen LogP contribution in [0.2, 0.25) is 0 Å². The van der Waals surface area contributed by atoms with Gasteiger partial charge in [-0.1, -0.05) is 51.9 Å². The fourth-order valence-electron chi connectivity index (χ4n) is 2.66. The molecule has 3 nitrogen and oxygen atoms in total. The molecule has 0 atom stereocenters. The third-order valence-electron chi connectivity index (χ3n) is 4.02. The fourth-order valence-corrected chi connectivity index (χ4v) is 4.15. The lowest BCUT2D eigenvalue weighted by atomic mass is 10.1. The van der Waals surface area contributed by atoms with Crippen molar-refractivity contribution in [1.29, 1.82) is 0 Å². The first-order valence-electron chi connectivity index (χ1n) is 8.08. The van der Waals surface area contributed by atoms with Crippen molar-refractivity contribution < 1.29 is 8.42 Å². The highest BCUT2D eigenvalue weighted by molar-refractivity contribution is 7.91. The molecule has 1 aliphatic rings. The third-order valence-corrected chi connectivity index (χ3v) is 5.73. The number of hydrogen-bond donors (Lipinski definition) is 1. The lowest BCUT2D eigenvalue weighted by molar-refractivity contribution is 0.451. The molecule has 0 aromatic rings. The molecule has 1 N–H and O–H groups in total. The maximum absolute atomic E-state index is 11.3. The van der Waals surface area contributed by atoms with Crippen LogP contribution in [0.4, 0.5) is 0 Å². The Morgan fingerprint density at radius 3 is 2.00 bits per heavy atom. The Kier molecular flexibility index (Phi) is 8.71. The molecule has 19 heavy (non-hydrogen) atoms. The zero-order valence-electron chi connectivity index (χ0n) is 12.5. The zero-order valence-corrected chi connectivity index (χ0v) is 13.3. The molecule has 0 amide bonds. The molecule has 4 heteroatoms. The van der Waals surface area contributed by atoms with E-state index in [0.717, 1.165) is 19.4 Å². The topological polar surface area (TPSA) is 46.2 Å². The molecular formula is C15H31NO2S. The van der Waals surface area contributed by atoms with Gasteiger partial charge >= 0.3 is 0 Å². The van der Waals surface area contributed by atoms with Crippen LogP contribution >= 0.6 is 0 Å². The van der Waals surface area contributed by atoms with Gasteiger partial charge in [0.05, 0.1) is 11.5 Å². The van der Waals surface area contributed by atoms with Crippen molar-refractivity contribution in [2.75, 3.05) is 18.1 Å². The maximum atomic E-state index is 11.3. The van der Waals surface area contributed by atoms with Crippen LogP contribution in [0.25, 0.3) is 0 Å². The lowest BCUT2D eigenvalue weighted by Crippen LogP contribution is -2.37. The summed E-state index contributed by atoms with van der Waals surface area (Å²) in [6.07, 6.45) is 12.4. The van der Waals surface area contributed by atoms with E-state index in [1.165, 1.54) is 51.4 Å². The van der Waals surface area contributed by atoms with Crippen molar-refractivity contribution in [2.24, 2.45) is 0 Å².